The fraction of sp³-hybridized carbons (Fsp3) is 0.148. The smallest absolute Gasteiger partial charge is 0.240 e. The number of imide groups is 1. The first-order chi connectivity index (χ1) is 16.5. The van der Waals surface area contributed by atoms with Crippen molar-refractivity contribution >= 4 is 52.6 Å². The minimum absolute atomic E-state index is 0.218. The van der Waals surface area contributed by atoms with Crippen molar-refractivity contribution in [2.45, 2.75) is 12.1 Å². The molecule has 168 valence electrons. The number of para-hydroxylation sites is 1. The average molecular weight is 489 g/mol. The number of carbonyl (C=O) groups is 3. The molecule has 5 nitrogen and oxygen atoms in total. The zero-order valence-electron chi connectivity index (χ0n) is 17.8. The Morgan fingerprint density at radius 3 is 2.29 bits per heavy atom. The maximum atomic E-state index is 13.9. The zero-order chi connectivity index (χ0) is 23.6. The van der Waals surface area contributed by atoms with E-state index in [4.69, 9.17) is 23.2 Å². The van der Waals surface area contributed by atoms with Crippen LogP contribution in [-0.2, 0) is 9.59 Å². The standard InChI is InChI=1S/C27H18Cl2N2O3/c28-16-10-11-19(20(29)14-16)25(32)24-22-21(23-18-9-5-4-6-15(18)12-13-30(23)24)26(33)31(27(22)34)17-7-2-1-3-8-17/h1-14,21-24H/t21-,22+,23+,24-/m0/s1. The van der Waals surface area contributed by atoms with E-state index in [0.717, 1.165) is 11.1 Å². The second-order valence-electron chi connectivity index (χ2n) is 8.67. The van der Waals surface area contributed by atoms with Crippen LogP contribution >= 0.6 is 23.2 Å². The number of amides is 2. The highest BCUT2D eigenvalue weighted by atomic mass is 35.5. The number of hydrogen-bond donors (Lipinski definition) is 0. The minimum Gasteiger partial charge on any atom is -0.358 e. The second kappa shape index (κ2) is 7.83. The molecule has 34 heavy (non-hydrogen) atoms. The van der Waals surface area contributed by atoms with Crippen molar-refractivity contribution in [2.75, 3.05) is 4.90 Å². The molecule has 0 spiro atoms. The molecule has 2 fully saturated rings. The van der Waals surface area contributed by atoms with E-state index in [9.17, 15) is 14.4 Å². The van der Waals surface area contributed by atoms with Gasteiger partial charge in [0.2, 0.25) is 11.8 Å². The molecule has 0 saturated carbocycles. The number of hydrogen-bond acceptors (Lipinski definition) is 4. The van der Waals surface area contributed by atoms with Gasteiger partial charge in [0, 0.05) is 16.8 Å². The number of rotatable bonds is 3. The van der Waals surface area contributed by atoms with Crippen LogP contribution in [0.25, 0.3) is 6.08 Å². The summed E-state index contributed by atoms with van der Waals surface area (Å²) in [4.78, 5) is 44.6. The SMILES string of the molecule is O=C(c1ccc(Cl)cc1Cl)[C@@H]1[C@@H]2C(=O)N(c3ccccc3)C(=O)[C@@H]2[C@H]2c3ccccc3C=CN12. The van der Waals surface area contributed by atoms with Crippen LogP contribution in [0.1, 0.15) is 27.5 Å². The number of nitrogens with zero attached hydrogens (tertiary/aromatic N) is 2. The number of carbonyl (C=O) groups excluding carboxylic acids is 3. The Morgan fingerprint density at radius 2 is 1.53 bits per heavy atom. The molecule has 2 saturated heterocycles. The molecule has 0 unspecified atom stereocenters. The third kappa shape index (κ3) is 2.97. The summed E-state index contributed by atoms with van der Waals surface area (Å²) < 4.78 is 0. The Balaban J connectivity index is 1.51. The van der Waals surface area contributed by atoms with Gasteiger partial charge in [0.1, 0.15) is 6.04 Å². The van der Waals surface area contributed by atoms with E-state index >= 15 is 0 Å². The molecule has 7 heteroatoms. The Kier molecular flexibility index (Phi) is 4.87. The van der Waals surface area contributed by atoms with Gasteiger partial charge in [-0.3, -0.25) is 14.4 Å². The van der Waals surface area contributed by atoms with Crippen LogP contribution in [0.4, 0.5) is 5.69 Å². The van der Waals surface area contributed by atoms with Crippen LogP contribution in [0, 0.1) is 11.8 Å². The van der Waals surface area contributed by atoms with Gasteiger partial charge >= 0.3 is 0 Å². The van der Waals surface area contributed by atoms with Crippen LogP contribution in [0.2, 0.25) is 10.0 Å². The molecule has 0 aromatic heterocycles. The van der Waals surface area contributed by atoms with E-state index in [2.05, 4.69) is 0 Å². The van der Waals surface area contributed by atoms with Crippen LogP contribution in [0.5, 0.6) is 0 Å². The van der Waals surface area contributed by atoms with Gasteiger partial charge in [-0.2, -0.15) is 0 Å². The van der Waals surface area contributed by atoms with Crippen LogP contribution < -0.4 is 4.90 Å². The van der Waals surface area contributed by atoms with Gasteiger partial charge in [-0.25, -0.2) is 4.90 Å². The van der Waals surface area contributed by atoms with E-state index in [-0.39, 0.29) is 28.2 Å². The highest BCUT2D eigenvalue weighted by molar-refractivity contribution is 6.37. The molecule has 0 radical (unpaired) electrons. The quantitative estimate of drug-likeness (QED) is 0.366. The van der Waals surface area contributed by atoms with Gasteiger partial charge in [0.25, 0.3) is 0 Å². The van der Waals surface area contributed by atoms with Gasteiger partial charge in [-0.05, 0) is 47.5 Å². The number of benzene rings is 3. The molecule has 0 bridgehead atoms. The molecule has 6 rings (SSSR count). The molecular formula is C27H18Cl2N2O3. The normalized spacial score (nSPS) is 24.8. The molecular weight excluding hydrogens is 471 g/mol. The number of anilines is 1. The summed E-state index contributed by atoms with van der Waals surface area (Å²) in [5.74, 6) is -2.51. The highest BCUT2D eigenvalue weighted by Crippen LogP contribution is 2.53. The summed E-state index contributed by atoms with van der Waals surface area (Å²) >= 11 is 12.4. The van der Waals surface area contributed by atoms with Crippen LogP contribution in [-0.4, -0.2) is 28.5 Å². The predicted octanol–water partition coefficient (Wildman–Crippen LogP) is 5.39. The first-order valence-corrected chi connectivity index (χ1v) is 11.7. The Labute approximate surface area is 206 Å². The molecule has 3 aliphatic heterocycles. The number of halogens is 2. The molecule has 2 amide bonds. The summed E-state index contributed by atoms with van der Waals surface area (Å²) in [6, 6.07) is 20.0. The van der Waals surface area contributed by atoms with Crippen molar-refractivity contribution in [3.8, 4) is 0 Å². The zero-order valence-corrected chi connectivity index (χ0v) is 19.3. The summed E-state index contributed by atoms with van der Waals surface area (Å²) in [5.41, 5.74) is 2.68. The fourth-order valence-corrected chi connectivity index (χ4v) is 6.04. The van der Waals surface area contributed by atoms with Gasteiger partial charge in [-0.15, -0.1) is 0 Å². The van der Waals surface area contributed by atoms with E-state index in [1.807, 2.05) is 47.5 Å². The lowest BCUT2D eigenvalue weighted by atomic mass is 9.83. The molecule has 3 aliphatic rings. The van der Waals surface area contributed by atoms with Gasteiger partial charge in [0.05, 0.1) is 28.6 Å². The summed E-state index contributed by atoms with van der Waals surface area (Å²) in [7, 11) is 0. The molecule has 3 aromatic rings. The minimum atomic E-state index is -0.872. The highest BCUT2D eigenvalue weighted by Gasteiger charge is 2.64. The second-order valence-corrected chi connectivity index (χ2v) is 9.51. The third-order valence-electron chi connectivity index (χ3n) is 6.94. The van der Waals surface area contributed by atoms with Gasteiger partial charge in [0.15, 0.2) is 5.78 Å². The first-order valence-electron chi connectivity index (χ1n) is 10.9. The van der Waals surface area contributed by atoms with Crippen molar-refractivity contribution in [3.63, 3.8) is 0 Å². The van der Waals surface area contributed by atoms with Gasteiger partial charge in [-0.1, -0.05) is 65.7 Å². The van der Waals surface area contributed by atoms with E-state index < -0.39 is 23.9 Å². The lowest BCUT2D eigenvalue weighted by Gasteiger charge is -2.35. The molecule has 3 heterocycles. The summed E-state index contributed by atoms with van der Waals surface area (Å²) in [5, 5.41) is 0.633. The number of fused-ring (bicyclic) bond motifs is 5. The lowest BCUT2D eigenvalue weighted by Crippen LogP contribution is -2.44. The van der Waals surface area contributed by atoms with Crippen LogP contribution in [0.3, 0.4) is 0 Å². The number of ketones is 1. The summed E-state index contributed by atoms with van der Waals surface area (Å²) in [6.45, 7) is 0. The van der Waals surface area contributed by atoms with Crippen molar-refractivity contribution in [1.29, 1.82) is 0 Å². The van der Waals surface area contributed by atoms with Crippen molar-refractivity contribution in [3.05, 3.63) is 106 Å². The first kappa shape index (κ1) is 21.1. The Hall–Kier alpha value is -3.41. The Morgan fingerprint density at radius 1 is 0.824 bits per heavy atom. The Bertz CT molecular complexity index is 1390. The molecule has 4 atom stereocenters. The van der Waals surface area contributed by atoms with Gasteiger partial charge < -0.3 is 4.90 Å². The van der Waals surface area contributed by atoms with E-state index in [0.29, 0.717) is 10.7 Å². The van der Waals surface area contributed by atoms with E-state index in [1.165, 1.54) is 11.0 Å². The van der Waals surface area contributed by atoms with Crippen molar-refractivity contribution < 1.29 is 14.4 Å². The molecule has 3 aromatic carbocycles. The lowest BCUT2D eigenvalue weighted by molar-refractivity contribution is -0.123. The van der Waals surface area contributed by atoms with Crippen LogP contribution in [0.15, 0.2) is 79.0 Å². The largest absolute Gasteiger partial charge is 0.358 e. The van der Waals surface area contributed by atoms with Crippen molar-refractivity contribution in [2.24, 2.45) is 11.8 Å². The van der Waals surface area contributed by atoms with E-state index in [1.54, 1.807) is 36.4 Å². The molecule has 0 N–H and O–H groups in total. The monoisotopic (exact) mass is 488 g/mol. The molecule has 0 aliphatic carbocycles. The average Bonchev–Trinajstić information content (AvgIpc) is 3.32. The third-order valence-corrected chi connectivity index (χ3v) is 7.49. The fourth-order valence-electron chi connectivity index (χ4n) is 5.54. The predicted molar refractivity (Wildman–Crippen MR) is 131 cm³/mol. The number of Topliss-reactive ketones (excluding diaryl/α,β-unsaturated/α-hetero) is 1. The van der Waals surface area contributed by atoms with Crippen molar-refractivity contribution in [1.82, 2.24) is 4.90 Å². The topological polar surface area (TPSA) is 57.7 Å². The maximum Gasteiger partial charge on any atom is 0.240 e. The maximum absolute atomic E-state index is 13.9. The summed E-state index contributed by atoms with van der Waals surface area (Å²) in [6.07, 6.45) is 3.74.